The minimum Gasteiger partial charge on any atom is -0.391 e. The molecular formula is C22H30N6O2. The molecule has 0 spiro atoms. The van der Waals surface area contributed by atoms with Gasteiger partial charge in [-0.3, -0.25) is 4.79 Å². The van der Waals surface area contributed by atoms with Crippen LogP contribution in [0.15, 0.2) is 18.7 Å². The van der Waals surface area contributed by atoms with E-state index in [1.54, 1.807) is 12.5 Å². The summed E-state index contributed by atoms with van der Waals surface area (Å²) in [4.78, 5) is 28.6. The third kappa shape index (κ3) is 3.47. The van der Waals surface area contributed by atoms with E-state index >= 15 is 0 Å². The summed E-state index contributed by atoms with van der Waals surface area (Å²) in [5.74, 6) is 2.97. The number of amides is 1. The largest absolute Gasteiger partial charge is 0.391 e. The van der Waals surface area contributed by atoms with Crippen LogP contribution in [-0.4, -0.2) is 56.3 Å². The molecular weight excluding hydrogens is 380 g/mol. The van der Waals surface area contributed by atoms with Crippen molar-refractivity contribution < 1.29 is 9.90 Å². The van der Waals surface area contributed by atoms with Crippen LogP contribution in [0.4, 0.5) is 5.82 Å². The molecule has 2 fully saturated rings. The number of carbonyl (C=O) groups is 1. The highest BCUT2D eigenvalue weighted by molar-refractivity contribution is 5.96. The van der Waals surface area contributed by atoms with Crippen molar-refractivity contribution in [3.8, 4) is 0 Å². The topological polar surface area (TPSA) is 96.2 Å². The Hall–Kier alpha value is -2.48. The molecule has 8 nitrogen and oxygen atoms in total. The number of hydrogen-bond donors (Lipinski definition) is 2. The van der Waals surface area contributed by atoms with Gasteiger partial charge in [0.05, 0.1) is 18.5 Å². The minimum absolute atomic E-state index is 0.0790. The highest BCUT2D eigenvalue weighted by Crippen LogP contribution is 2.43. The maximum Gasteiger partial charge on any atom is 0.270 e. The molecule has 30 heavy (non-hydrogen) atoms. The van der Waals surface area contributed by atoms with Gasteiger partial charge in [-0.05, 0) is 37.0 Å². The zero-order valence-electron chi connectivity index (χ0n) is 17.7. The summed E-state index contributed by atoms with van der Waals surface area (Å²) >= 11 is 0. The summed E-state index contributed by atoms with van der Waals surface area (Å²) in [5.41, 5.74) is 1.53. The molecule has 5 rings (SSSR count). The van der Waals surface area contributed by atoms with Gasteiger partial charge in [0.15, 0.2) is 0 Å². The number of rotatable bonds is 4. The van der Waals surface area contributed by atoms with Gasteiger partial charge in [-0.1, -0.05) is 13.8 Å². The average Bonchev–Trinajstić information content (AvgIpc) is 3.36. The molecule has 0 unspecified atom stereocenters. The molecule has 2 aliphatic heterocycles. The Bertz CT molecular complexity index is 928. The van der Waals surface area contributed by atoms with E-state index < -0.39 is 0 Å². The van der Waals surface area contributed by atoms with Crippen LogP contribution in [-0.2, 0) is 12.8 Å². The molecule has 160 valence electrons. The lowest BCUT2D eigenvalue weighted by Gasteiger charge is -2.35. The number of nitrogens with zero attached hydrogens (tertiary/aromatic N) is 5. The molecule has 2 aromatic rings. The molecule has 2 N–H and O–H groups in total. The van der Waals surface area contributed by atoms with Gasteiger partial charge in [0.25, 0.3) is 5.91 Å². The van der Waals surface area contributed by atoms with E-state index in [2.05, 4.69) is 34.0 Å². The van der Waals surface area contributed by atoms with Crippen molar-refractivity contribution in [3.05, 3.63) is 35.8 Å². The number of aliphatic hydroxyl groups is 1. The van der Waals surface area contributed by atoms with Crippen molar-refractivity contribution in [3.63, 3.8) is 0 Å². The number of fused-ring (bicyclic) bond motifs is 2. The molecule has 0 radical (unpaired) electrons. The number of aliphatic hydroxyl groups excluding tert-OH is 1. The van der Waals surface area contributed by atoms with Crippen LogP contribution in [0.25, 0.3) is 0 Å². The predicted molar refractivity (Wildman–Crippen MR) is 112 cm³/mol. The molecule has 2 aromatic heterocycles. The lowest BCUT2D eigenvalue weighted by atomic mass is 9.77. The van der Waals surface area contributed by atoms with Gasteiger partial charge in [-0.2, -0.15) is 0 Å². The lowest BCUT2D eigenvalue weighted by Crippen LogP contribution is -2.36. The number of nitrogens with one attached hydrogen (secondary N) is 1. The van der Waals surface area contributed by atoms with E-state index in [0.717, 1.165) is 56.0 Å². The summed E-state index contributed by atoms with van der Waals surface area (Å²) in [6.45, 7) is 6.71. The molecule has 0 bridgehead atoms. The van der Waals surface area contributed by atoms with Gasteiger partial charge in [-0.15, -0.1) is 0 Å². The maximum absolute atomic E-state index is 12.5. The minimum atomic E-state index is -0.359. The van der Waals surface area contributed by atoms with E-state index in [1.165, 1.54) is 0 Å². The first-order valence-corrected chi connectivity index (χ1v) is 11.1. The van der Waals surface area contributed by atoms with Gasteiger partial charge in [-0.25, -0.2) is 15.0 Å². The summed E-state index contributed by atoms with van der Waals surface area (Å²) < 4.78 is 2.04. The van der Waals surface area contributed by atoms with Crippen molar-refractivity contribution in [1.29, 1.82) is 0 Å². The second kappa shape index (κ2) is 7.65. The van der Waals surface area contributed by atoms with Crippen LogP contribution in [0.1, 0.15) is 54.6 Å². The molecule has 1 aliphatic carbocycles. The van der Waals surface area contributed by atoms with Crippen molar-refractivity contribution in [1.82, 2.24) is 24.8 Å². The summed E-state index contributed by atoms with van der Waals surface area (Å²) in [7, 11) is 0. The van der Waals surface area contributed by atoms with Gasteiger partial charge in [0.1, 0.15) is 17.3 Å². The number of aromatic nitrogens is 4. The van der Waals surface area contributed by atoms with E-state index in [-0.39, 0.29) is 18.1 Å². The fourth-order valence-corrected chi connectivity index (χ4v) is 5.40. The van der Waals surface area contributed by atoms with Crippen molar-refractivity contribution in [2.24, 2.45) is 17.8 Å². The van der Waals surface area contributed by atoms with Crippen LogP contribution >= 0.6 is 0 Å². The fourth-order valence-electron chi connectivity index (χ4n) is 5.40. The molecule has 8 heteroatoms. The number of imidazole rings is 1. The number of hydrogen-bond acceptors (Lipinski definition) is 6. The van der Waals surface area contributed by atoms with Crippen molar-refractivity contribution in [2.75, 3.05) is 24.5 Å². The zero-order chi connectivity index (χ0) is 20.8. The Labute approximate surface area is 176 Å². The smallest absolute Gasteiger partial charge is 0.270 e. The maximum atomic E-state index is 12.5. The molecule has 1 saturated heterocycles. The third-order valence-electron chi connectivity index (χ3n) is 6.81. The summed E-state index contributed by atoms with van der Waals surface area (Å²) in [6, 6.07) is 0.0790. The quantitative estimate of drug-likeness (QED) is 0.795. The average molecular weight is 411 g/mol. The van der Waals surface area contributed by atoms with Gasteiger partial charge < -0.3 is 19.9 Å². The highest BCUT2D eigenvalue weighted by atomic mass is 16.3. The van der Waals surface area contributed by atoms with Crippen LogP contribution in [0.5, 0.6) is 0 Å². The van der Waals surface area contributed by atoms with Crippen LogP contribution in [0, 0.1) is 17.8 Å². The molecule has 0 aromatic carbocycles. The first kappa shape index (κ1) is 19.5. The Morgan fingerprint density at radius 1 is 1.23 bits per heavy atom. The SMILES string of the molecule is CC(C)Cc1nc2c(c(N3C[C@H]4C[C@@H](n5ccnc5)[C@H](O)C[C@H]4C3)n1)CCNC2=O. The van der Waals surface area contributed by atoms with Crippen molar-refractivity contribution in [2.45, 2.75) is 51.7 Å². The van der Waals surface area contributed by atoms with E-state index in [1.807, 2.05) is 10.8 Å². The Morgan fingerprint density at radius 2 is 2.03 bits per heavy atom. The molecule has 1 amide bonds. The monoisotopic (exact) mass is 410 g/mol. The van der Waals surface area contributed by atoms with Crippen LogP contribution in [0.2, 0.25) is 0 Å². The zero-order valence-corrected chi connectivity index (χ0v) is 17.7. The Kier molecular flexibility index (Phi) is 4.97. The number of anilines is 1. The second-order valence-electron chi connectivity index (χ2n) is 9.44. The normalized spacial score (nSPS) is 28.4. The highest BCUT2D eigenvalue weighted by Gasteiger charge is 2.43. The number of carbonyl (C=O) groups excluding carboxylic acids is 1. The van der Waals surface area contributed by atoms with Crippen LogP contribution in [0.3, 0.4) is 0 Å². The first-order chi connectivity index (χ1) is 14.5. The Morgan fingerprint density at radius 3 is 2.77 bits per heavy atom. The van der Waals surface area contributed by atoms with Gasteiger partial charge >= 0.3 is 0 Å². The summed E-state index contributed by atoms with van der Waals surface area (Å²) in [5, 5.41) is 13.7. The predicted octanol–water partition coefficient (Wildman–Crippen LogP) is 1.61. The first-order valence-electron chi connectivity index (χ1n) is 11.1. The second-order valence-corrected chi connectivity index (χ2v) is 9.44. The fraction of sp³-hybridized carbons (Fsp3) is 0.636. The van der Waals surface area contributed by atoms with Crippen LogP contribution < -0.4 is 10.2 Å². The van der Waals surface area contributed by atoms with Gasteiger partial charge in [0.2, 0.25) is 0 Å². The molecule has 1 saturated carbocycles. The van der Waals surface area contributed by atoms with E-state index in [4.69, 9.17) is 4.98 Å². The Balaban J connectivity index is 1.44. The molecule has 4 heterocycles. The van der Waals surface area contributed by atoms with Gasteiger partial charge in [0, 0.05) is 44.0 Å². The third-order valence-corrected chi connectivity index (χ3v) is 6.81. The lowest BCUT2D eigenvalue weighted by molar-refractivity contribution is 0.0358. The van der Waals surface area contributed by atoms with E-state index in [0.29, 0.717) is 30.0 Å². The van der Waals surface area contributed by atoms with Crippen molar-refractivity contribution >= 4 is 11.7 Å². The van der Waals surface area contributed by atoms with E-state index in [9.17, 15) is 9.90 Å². The standard InChI is InChI=1S/C22H30N6O2/c1-13(2)7-19-25-20-16(3-4-24-22(20)30)21(26-19)28-10-14-8-17(27-6-5-23-12-27)18(29)9-15(14)11-28/h5-6,12-15,17-18,29H,3-4,7-11H2,1-2H3,(H,24,30)/t14-,15+,17-,18-/m1/s1. The molecule has 4 atom stereocenters. The molecule has 3 aliphatic rings. The summed E-state index contributed by atoms with van der Waals surface area (Å²) in [6.07, 6.45) is 8.41.